The van der Waals surface area contributed by atoms with Crippen LogP contribution in [-0.4, -0.2) is 5.91 Å². The van der Waals surface area contributed by atoms with Crippen LogP contribution in [0.25, 0.3) is 0 Å². The van der Waals surface area contributed by atoms with Gasteiger partial charge in [-0.3, -0.25) is 4.79 Å². The number of carbonyl (C=O) groups excluding carboxylic acids is 1. The number of rotatable bonds is 2. The maximum Gasteiger partial charge on any atom is 0.262 e. The summed E-state index contributed by atoms with van der Waals surface area (Å²) in [5.74, 6) is -2.23. The second-order valence-electron chi connectivity index (χ2n) is 5.72. The minimum absolute atomic E-state index is 0.374. The summed E-state index contributed by atoms with van der Waals surface area (Å²) < 4.78 is 27.4. The van der Waals surface area contributed by atoms with Crippen LogP contribution in [0.4, 0.5) is 13.8 Å². The average molecular weight is 332 g/mol. The third-order valence-electron chi connectivity index (χ3n) is 4.04. The van der Waals surface area contributed by atoms with Crippen molar-refractivity contribution in [3.63, 3.8) is 0 Å². The molecule has 1 atom stereocenters. The molecule has 1 aliphatic carbocycles. The molecule has 0 unspecified atom stereocenters. The van der Waals surface area contributed by atoms with E-state index in [-0.39, 0.29) is 0 Å². The van der Waals surface area contributed by atoms with Gasteiger partial charge in [-0.15, -0.1) is 11.3 Å². The topological polar surface area (TPSA) is 52.9 Å². The number of nitrogens with zero attached hydrogens (tertiary/aromatic N) is 1. The van der Waals surface area contributed by atoms with Gasteiger partial charge < -0.3 is 5.32 Å². The quantitative estimate of drug-likeness (QED) is 0.892. The predicted octanol–water partition coefficient (Wildman–Crippen LogP) is 4.28. The Morgan fingerprint density at radius 3 is 2.74 bits per heavy atom. The molecule has 23 heavy (non-hydrogen) atoms. The maximum atomic E-state index is 13.7. The molecule has 1 aliphatic rings. The summed E-state index contributed by atoms with van der Waals surface area (Å²) in [6.45, 7) is 2.12. The number of nitriles is 1. The monoisotopic (exact) mass is 332 g/mol. The van der Waals surface area contributed by atoms with Crippen LogP contribution < -0.4 is 5.32 Å². The summed E-state index contributed by atoms with van der Waals surface area (Å²) in [5, 5.41) is 12.3. The number of benzene rings is 1. The van der Waals surface area contributed by atoms with Crippen LogP contribution >= 0.6 is 11.3 Å². The second kappa shape index (κ2) is 6.09. The van der Waals surface area contributed by atoms with Crippen molar-refractivity contribution in [2.75, 3.05) is 5.32 Å². The van der Waals surface area contributed by atoms with E-state index in [1.807, 2.05) is 0 Å². The van der Waals surface area contributed by atoms with Crippen molar-refractivity contribution in [1.29, 1.82) is 5.26 Å². The second-order valence-corrected chi connectivity index (χ2v) is 6.82. The van der Waals surface area contributed by atoms with Crippen molar-refractivity contribution in [2.24, 2.45) is 5.92 Å². The summed E-state index contributed by atoms with van der Waals surface area (Å²) in [6.07, 6.45) is 2.69. The third-order valence-corrected chi connectivity index (χ3v) is 5.24. The van der Waals surface area contributed by atoms with Crippen LogP contribution in [0.2, 0.25) is 0 Å². The number of amides is 1. The van der Waals surface area contributed by atoms with E-state index >= 15 is 0 Å². The first kappa shape index (κ1) is 15.6. The number of hydrogen-bond acceptors (Lipinski definition) is 3. The van der Waals surface area contributed by atoms with Crippen LogP contribution in [0.3, 0.4) is 0 Å². The molecular weight excluding hydrogens is 318 g/mol. The number of halogens is 2. The first-order valence-electron chi connectivity index (χ1n) is 7.31. The Morgan fingerprint density at radius 1 is 1.39 bits per heavy atom. The zero-order chi connectivity index (χ0) is 16.6. The van der Waals surface area contributed by atoms with Gasteiger partial charge in [-0.25, -0.2) is 8.78 Å². The molecule has 1 N–H and O–H groups in total. The van der Waals surface area contributed by atoms with Gasteiger partial charge >= 0.3 is 0 Å². The molecule has 6 heteroatoms. The fourth-order valence-electron chi connectivity index (χ4n) is 2.84. The highest BCUT2D eigenvalue weighted by molar-refractivity contribution is 7.16. The molecule has 1 aromatic heterocycles. The zero-order valence-corrected chi connectivity index (χ0v) is 13.3. The highest BCUT2D eigenvalue weighted by Gasteiger charge is 2.26. The van der Waals surface area contributed by atoms with Gasteiger partial charge in [-0.1, -0.05) is 13.0 Å². The Morgan fingerprint density at radius 2 is 2.09 bits per heavy atom. The molecule has 0 saturated heterocycles. The lowest BCUT2D eigenvalue weighted by Gasteiger charge is -2.17. The van der Waals surface area contributed by atoms with Gasteiger partial charge in [-0.05, 0) is 42.9 Å². The number of nitrogens with one attached hydrogen (secondary N) is 1. The molecule has 1 aromatic carbocycles. The van der Waals surface area contributed by atoms with Gasteiger partial charge in [0, 0.05) is 4.88 Å². The molecule has 2 aromatic rings. The highest BCUT2D eigenvalue weighted by atomic mass is 32.1. The van der Waals surface area contributed by atoms with Gasteiger partial charge in [0.05, 0.1) is 5.56 Å². The van der Waals surface area contributed by atoms with Gasteiger partial charge in [0.25, 0.3) is 5.91 Å². The smallest absolute Gasteiger partial charge is 0.262 e. The maximum absolute atomic E-state index is 13.7. The summed E-state index contributed by atoms with van der Waals surface area (Å²) in [7, 11) is 0. The van der Waals surface area contributed by atoms with Gasteiger partial charge in [0.15, 0.2) is 0 Å². The highest BCUT2D eigenvalue weighted by Crippen LogP contribution is 2.39. The summed E-state index contributed by atoms with van der Waals surface area (Å²) in [4.78, 5) is 13.3. The van der Waals surface area contributed by atoms with E-state index in [1.165, 1.54) is 17.4 Å². The van der Waals surface area contributed by atoms with Crippen molar-refractivity contribution < 1.29 is 13.6 Å². The van der Waals surface area contributed by atoms with Crippen molar-refractivity contribution in [1.82, 2.24) is 0 Å². The fourth-order valence-corrected chi connectivity index (χ4v) is 4.03. The lowest BCUT2D eigenvalue weighted by molar-refractivity contribution is 0.101. The number of carbonyl (C=O) groups is 1. The van der Waals surface area contributed by atoms with Gasteiger partial charge in [0.1, 0.15) is 28.3 Å². The minimum atomic E-state index is -0.920. The van der Waals surface area contributed by atoms with E-state index in [2.05, 4.69) is 18.3 Å². The van der Waals surface area contributed by atoms with Crippen molar-refractivity contribution >= 4 is 22.2 Å². The molecule has 0 saturated carbocycles. The molecule has 118 valence electrons. The largest absolute Gasteiger partial charge is 0.312 e. The minimum Gasteiger partial charge on any atom is -0.312 e. The Hall–Kier alpha value is -2.26. The Labute approximate surface area is 136 Å². The number of aryl methyl sites for hydroxylation is 1. The molecule has 1 amide bonds. The van der Waals surface area contributed by atoms with Crippen molar-refractivity contribution in [3.8, 4) is 6.07 Å². The molecule has 3 rings (SSSR count). The number of fused-ring (bicyclic) bond motifs is 1. The van der Waals surface area contributed by atoms with E-state index in [1.54, 1.807) is 0 Å². The Bertz CT molecular complexity index is 802. The van der Waals surface area contributed by atoms with Crippen LogP contribution in [0, 0.1) is 28.9 Å². The molecule has 0 spiro atoms. The SMILES string of the molecule is C[C@@H]1CCc2sc(NC(=O)c3c(F)cccc3F)c(C#N)c2C1. The molecule has 0 fully saturated rings. The molecule has 0 aliphatic heterocycles. The average Bonchev–Trinajstić information content (AvgIpc) is 2.83. The Kier molecular flexibility index (Phi) is 4.14. The lowest BCUT2D eigenvalue weighted by atomic mass is 9.88. The molecule has 0 bridgehead atoms. The third kappa shape index (κ3) is 2.84. The summed E-state index contributed by atoms with van der Waals surface area (Å²) >= 11 is 1.32. The fraction of sp³-hybridized carbons (Fsp3) is 0.294. The number of hydrogen-bond donors (Lipinski definition) is 1. The first-order chi connectivity index (χ1) is 11.0. The van der Waals surface area contributed by atoms with E-state index in [9.17, 15) is 18.8 Å². The molecule has 0 radical (unpaired) electrons. The van der Waals surface area contributed by atoms with Gasteiger partial charge in [-0.2, -0.15) is 5.26 Å². The summed E-state index contributed by atoms with van der Waals surface area (Å²) in [6, 6.07) is 5.38. The van der Waals surface area contributed by atoms with E-state index < -0.39 is 23.1 Å². The van der Waals surface area contributed by atoms with Crippen LogP contribution in [0.5, 0.6) is 0 Å². The number of anilines is 1. The molecule has 3 nitrogen and oxygen atoms in total. The van der Waals surface area contributed by atoms with Gasteiger partial charge in [0.2, 0.25) is 0 Å². The van der Waals surface area contributed by atoms with Crippen LogP contribution in [-0.2, 0) is 12.8 Å². The van der Waals surface area contributed by atoms with E-state index in [0.717, 1.165) is 41.8 Å². The molecule has 1 heterocycles. The van der Waals surface area contributed by atoms with Crippen molar-refractivity contribution in [3.05, 3.63) is 51.4 Å². The normalized spacial score (nSPS) is 16.5. The van der Waals surface area contributed by atoms with E-state index in [0.29, 0.717) is 16.5 Å². The first-order valence-corrected chi connectivity index (χ1v) is 8.13. The van der Waals surface area contributed by atoms with E-state index in [4.69, 9.17) is 0 Å². The Balaban J connectivity index is 1.95. The predicted molar refractivity (Wildman–Crippen MR) is 84.5 cm³/mol. The lowest BCUT2D eigenvalue weighted by Crippen LogP contribution is -2.16. The number of thiophene rings is 1. The van der Waals surface area contributed by atoms with Crippen LogP contribution in [0.15, 0.2) is 18.2 Å². The molecular formula is C17H14F2N2OS. The standard InChI is InChI=1S/C17H14F2N2OS/c1-9-5-6-14-10(7-9)11(8-20)17(23-14)21-16(22)15-12(18)3-2-4-13(15)19/h2-4,9H,5-7H2,1H3,(H,21,22)/t9-/m1/s1. The zero-order valence-electron chi connectivity index (χ0n) is 12.5. The van der Waals surface area contributed by atoms with Crippen LogP contribution in [0.1, 0.15) is 39.7 Å². The summed E-state index contributed by atoms with van der Waals surface area (Å²) in [5.41, 5.74) is 0.748. The van der Waals surface area contributed by atoms with Crippen molar-refractivity contribution in [2.45, 2.75) is 26.2 Å².